The smallest absolute Gasteiger partial charge is 0.233 e. The number of nitrogens with zero attached hydrogens (tertiary/aromatic N) is 2. The first-order chi connectivity index (χ1) is 6.33. The first-order valence-electron chi connectivity index (χ1n) is 4.25. The number of hydrogen-bond acceptors (Lipinski definition) is 3. The van der Waals surface area contributed by atoms with Crippen LogP contribution < -0.4 is 11.1 Å². The Hall–Kier alpha value is -1.36. The number of aryl methyl sites for hydroxylation is 1. The molecule has 0 bridgehead atoms. The minimum Gasteiger partial charge on any atom is -0.355 e. The predicted molar refractivity (Wildman–Crippen MR) is 48.9 cm³/mol. The van der Waals surface area contributed by atoms with Crippen molar-refractivity contribution in [3.8, 4) is 0 Å². The van der Waals surface area contributed by atoms with E-state index in [1.807, 2.05) is 10.8 Å². The van der Waals surface area contributed by atoms with Gasteiger partial charge in [-0.05, 0) is 6.42 Å². The molecule has 0 saturated carbocycles. The highest BCUT2D eigenvalue weighted by atomic mass is 16.1. The quantitative estimate of drug-likeness (QED) is 0.594. The molecule has 0 spiro atoms. The maximum atomic E-state index is 10.7. The second-order valence-electron chi connectivity index (χ2n) is 2.71. The molecule has 0 aromatic carbocycles. The molecule has 1 aromatic heterocycles. The van der Waals surface area contributed by atoms with Crippen LogP contribution in [0.2, 0.25) is 0 Å². The zero-order valence-corrected chi connectivity index (χ0v) is 7.44. The van der Waals surface area contributed by atoms with E-state index in [-0.39, 0.29) is 12.5 Å². The SMILES string of the molecule is NCC(=O)NCCCn1ccnc1. The molecule has 0 aliphatic rings. The van der Waals surface area contributed by atoms with Crippen LogP contribution in [-0.4, -0.2) is 28.5 Å². The number of nitrogens with one attached hydrogen (secondary N) is 1. The average Bonchev–Trinajstić information content (AvgIpc) is 2.64. The van der Waals surface area contributed by atoms with Gasteiger partial charge in [-0.15, -0.1) is 0 Å². The van der Waals surface area contributed by atoms with Crippen LogP contribution in [0.1, 0.15) is 6.42 Å². The second kappa shape index (κ2) is 5.31. The molecule has 0 radical (unpaired) electrons. The van der Waals surface area contributed by atoms with E-state index in [9.17, 15) is 4.79 Å². The van der Waals surface area contributed by atoms with Crippen molar-refractivity contribution in [1.29, 1.82) is 0 Å². The lowest BCUT2D eigenvalue weighted by molar-refractivity contribution is -0.119. The van der Waals surface area contributed by atoms with E-state index in [1.165, 1.54) is 0 Å². The van der Waals surface area contributed by atoms with Crippen LogP contribution in [-0.2, 0) is 11.3 Å². The number of amides is 1. The van der Waals surface area contributed by atoms with E-state index in [1.54, 1.807) is 12.5 Å². The van der Waals surface area contributed by atoms with Crippen molar-refractivity contribution < 1.29 is 4.79 Å². The van der Waals surface area contributed by atoms with Gasteiger partial charge in [-0.2, -0.15) is 0 Å². The lowest BCUT2D eigenvalue weighted by Crippen LogP contribution is -2.31. The van der Waals surface area contributed by atoms with Gasteiger partial charge < -0.3 is 15.6 Å². The Labute approximate surface area is 76.9 Å². The normalized spacial score (nSPS) is 9.92. The van der Waals surface area contributed by atoms with Crippen LogP contribution >= 0.6 is 0 Å². The molecular weight excluding hydrogens is 168 g/mol. The summed E-state index contributed by atoms with van der Waals surface area (Å²) < 4.78 is 1.97. The van der Waals surface area contributed by atoms with E-state index < -0.39 is 0 Å². The largest absolute Gasteiger partial charge is 0.355 e. The lowest BCUT2D eigenvalue weighted by atomic mass is 10.4. The summed E-state index contributed by atoms with van der Waals surface area (Å²) in [5, 5.41) is 2.70. The summed E-state index contributed by atoms with van der Waals surface area (Å²) in [6.07, 6.45) is 6.27. The summed E-state index contributed by atoms with van der Waals surface area (Å²) in [7, 11) is 0. The van der Waals surface area contributed by atoms with Crippen molar-refractivity contribution in [3.05, 3.63) is 18.7 Å². The molecule has 5 heteroatoms. The van der Waals surface area contributed by atoms with Crippen LogP contribution in [0.25, 0.3) is 0 Å². The Kier molecular flexibility index (Phi) is 3.98. The third-order valence-electron chi connectivity index (χ3n) is 1.66. The Balaban J connectivity index is 2.05. The highest BCUT2D eigenvalue weighted by molar-refractivity contribution is 5.77. The van der Waals surface area contributed by atoms with Crippen molar-refractivity contribution >= 4 is 5.91 Å². The van der Waals surface area contributed by atoms with Gasteiger partial charge in [0.25, 0.3) is 0 Å². The molecule has 1 amide bonds. The van der Waals surface area contributed by atoms with Gasteiger partial charge in [0.2, 0.25) is 5.91 Å². The summed E-state index contributed by atoms with van der Waals surface area (Å²) in [5.74, 6) is -0.106. The summed E-state index contributed by atoms with van der Waals surface area (Å²) in [6, 6.07) is 0. The van der Waals surface area contributed by atoms with Crippen LogP contribution in [0.5, 0.6) is 0 Å². The summed E-state index contributed by atoms with van der Waals surface area (Å²) >= 11 is 0. The molecule has 5 nitrogen and oxygen atoms in total. The molecule has 3 N–H and O–H groups in total. The Bertz CT molecular complexity index is 245. The van der Waals surface area contributed by atoms with Crippen molar-refractivity contribution in [1.82, 2.24) is 14.9 Å². The molecule has 0 saturated heterocycles. The molecule has 13 heavy (non-hydrogen) atoms. The van der Waals surface area contributed by atoms with Gasteiger partial charge in [0.15, 0.2) is 0 Å². The van der Waals surface area contributed by atoms with Crippen LogP contribution in [0.3, 0.4) is 0 Å². The molecule has 0 unspecified atom stereocenters. The fraction of sp³-hybridized carbons (Fsp3) is 0.500. The van der Waals surface area contributed by atoms with Crippen LogP contribution in [0.4, 0.5) is 0 Å². The molecule has 72 valence electrons. The Morgan fingerprint density at radius 2 is 2.46 bits per heavy atom. The van der Waals surface area contributed by atoms with Gasteiger partial charge in [-0.3, -0.25) is 4.79 Å². The fourth-order valence-electron chi connectivity index (χ4n) is 0.981. The monoisotopic (exact) mass is 182 g/mol. The van der Waals surface area contributed by atoms with Crippen molar-refractivity contribution in [3.63, 3.8) is 0 Å². The van der Waals surface area contributed by atoms with E-state index in [2.05, 4.69) is 10.3 Å². The summed E-state index contributed by atoms with van der Waals surface area (Å²) in [5.41, 5.74) is 5.12. The minimum absolute atomic E-state index is 0.0606. The second-order valence-corrected chi connectivity index (χ2v) is 2.71. The van der Waals surface area contributed by atoms with Crippen LogP contribution in [0.15, 0.2) is 18.7 Å². The van der Waals surface area contributed by atoms with Crippen molar-refractivity contribution in [2.24, 2.45) is 5.73 Å². The standard InChI is InChI=1S/C8H14N4O/c9-6-8(13)11-2-1-4-12-5-3-10-7-12/h3,5,7H,1-2,4,6,9H2,(H,11,13). The van der Waals surface area contributed by atoms with Crippen molar-refractivity contribution in [2.75, 3.05) is 13.1 Å². The van der Waals surface area contributed by atoms with E-state index in [4.69, 9.17) is 5.73 Å². The Morgan fingerprint density at radius 3 is 3.08 bits per heavy atom. The zero-order chi connectivity index (χ0) is 9.52. The maximum absolute atomic E-state index is 10.7. The molecule has 0 fully saturated rings. The fourth-order valence-corrected chi connectivity index (χ4v) is 0.981. The Morgan fingerprint density at radius 1 is 1.62 bits per heavy atom. The molecule has 1 heterocycles. The van der Waals surface area contributed by atoms with Gasteiger partial charge in [0, 0.05) is 25.5 Å². The third kappa shape index (κ3) is 3.71. The van der Waals surface area contributed by atoms with Gasteiger partial charge in [0.05, 0.1) is 12.9 Å². The number of nitrogens with two attached hydrogens (primary N) is 1. The number of carbonyl (C=O) groups is 1. The molecule has 0 atom stereocenters. The highest BCUT2D eigenvalue weighted by Gasteiger charge is 1.95. The number of imidazole rings is 1. The first-order valence-corrected chi connectivity index (χ1v) is 4.25. The number of rotatable bonds is 5. The average molecular weight is 182 g/mol. The van der Waals surface area contributed by atoms with E-state index >= 15 is 0 Å². The molecule has 0 aliphatic carbocycles. The molecule has 1 rings (SSSR count). The van der Waals surface area contributed by atoms with Gasteiger partial charge >= 0.3 is 0 Å². The summed E-state index contributed by atoms with van der Waals surface area (Å²) in [6.45, 7) is 1.59. The maximum Gasteiger partial charge on any atom is 0.233 e. The zero-order valence-electron chi connectivity index (χ0n) is 7.44. The number of hydrogen-bond donors (Lipinski definition) is 2. The first kappa shape index (κ1) is 9.73. The number of aromatic nitrogens is 2. The molecular formula is C8H14N4O. The summed E-state index contributed by atoms with van der Waals surface area (Å²) in [4.78, 5) is 14.6. The highest BCUT2D eigenvalue weighted by Crippen LogP contribution is 1.88. The van der Waals surface area contributed by atoms with Gasteiger partial charge in [-0.1, -0.05) is 0 Å². The van der Waals surface area contributed by atoms with Gasteiger partial charge in [-0.25, -0.2) is 4.98 Å². The van der Waals surface area contributed by atoms with E-state index in [0.29, 0.717) is 6.54 Å². The van der Waals surface area contributed by atoms with Crippen molar-refractivity contribution in [2.45, 2.75) is 13.0 Å². The number of carbonyl (C=O) groups excluding carboxylic acids is 1. The van der Waals surface area contributed by atoms with E-state index in [0.717, 1.165) is 13.0 Å². The molecule has 0 aliphatic heterocycles. The van der Waals surface area contributed by atoms with Gasteiger partial charge in [0.1, 0.15) is 0 Å². The third-order valence-corrected chi connectivity index (χ3v) is 1.66. The molecule has 1 aromatic rings. The predicted octanol–water partition coefficient (Wildman–Crippen LogP) is -0.652. The lowest BCUT2D eigenvalue weighted by Gasteiger charge is -2.03. The minimum atomic E-state index is -0.106. The topological polar surface area (TPSA) is 72.9 Å². The van der Waals surface area contributed by atoms with Crippen LogP contribution in [0, 0.1) is 0 Å².